The van der Waals surface area contributed by atoms with Crippen LogP contribution in [0, 0.1) is 5.82 Å². The van der Waals surface area contributed by atoms with Crippen LogP contribution in [0.2, 0.25) is 0 Å². The molecule has 0 aliphatic rings. The Morgan fingerprint density at radius 1 is 0.957 bits per heavy atom. The number of hydrogen-bond donors (Lipinski definition) is 3. The molecule has 1 amide bonds. The SMILES string of the molecule is CC(C(C)(C)NC(=O)O)S(=O)(=O)C(C)(C)c1ccc(C(=O)c2ccc(F)cc2)c(-c2cn(C)c(=O)cc2[C@H](C)N[S+]([O-])C(C)(C)C)c1. The van der Waals surface area contributed by atoms with E-state index in [0.717, 1.165) is 12.1 Å². The van der Waals surface area contributed by atoms with Gasteiger partial charge in [0.05, 0.1) is 21.6 Å². The molecule has 0 saturated carbocycles. The molecule has 1 aromatic heterocycles. The van der Waals surface area contributed by atoms with Gasteiger partial charge in [-0.2, -0.15) is 0 Å². The van der Waals surface area contributed by atoms with Crippen LogP contribution in [0.25, 0.3) is 11.1 Å². The lowest BCUT2D eigenvalue weighted by Crippen LogP contribution is -2.56. The maximum absolute atomic E-state index is 14.2. The molecule has 10 nitrogen and oxygen atoms in total. The predicted molar refractivity (Wildman–Crippen MR) is 183 cm³/mol. The van der Waals surface area contributed by atoms with E-state index in [0.29, 0.717) is 22.3 Å². The van der Waals surface area contributed by atoms with Crippen molar-refractivity contribution in [3.63, 3.8) is 0 Å². The third kappa shape index (κ3) is 7.97. The fraction of sp³-hybridized carbons (Fsp3) is 0.441. The first kappa shape index (κ1) is 37.9. The van der Waals surface area contributed by atoms with Gasteiger partial charge in [0.15, 0.2) is 15.6 Å². The number of carbonyl (C=O) groups excluding carboxylic acids is 1. The summed E-state index contributed by atoms with van der Waals surface area (Å²) in [7, 11) is -2.58. The number of nitrogens with one attached hydrogen (secondary N) is 2. The van der Waals surface area contributed by atoms with Crippen molar-refractivity contribution < 1.29 is 32.1 Å². The predicted octanol–water partition coefficient (Wildman–Crippen LogP) is 5.62. The van der Waals surface area contributed by atoms with Crippen molar-refractivity contribution >= 4 is 33.1 Å². The third-order valence-corrected chi connectivity index (χ3v) is 13.4. The Morgan fingerprint density at radius 2 is 1.53 bits per heavy atom. The highest BCUT2D eigenvalue weighted by Gasteiger charge is 2.47. The van der Waals surface area contributed by atoms with E-state index in [1.807, 2.05) is 0 Å². The maximum Gasteiger partial charge on any atom is 0.405 e. The Labute approximate surface area is 279 Å². The van der Waals surface area contributed by atoms with E-state index in [4.69, 9.17) is 0 Å². The molecule has 47 heavy (non-hydrogen) atoms. The third-order valence-electron chi connectivity index (χ3n) is 8.55. The summed E-state index contributed by atoms with van der Waals surface area (Å²) in [6, 6.07) is 10.4. The first-order valence-corrected chi connectivity index (χ1v) is 17.7. The van der Waals surface area contributed by atoms with Crippen LogP contribution in [-0.4, -0.2) is 50.1 Å². The number of pyridine rings is 1. The van der Waals surface area contributed by atoms with Gasteiger partial charge in [-0.25, -0.2) is 17.6 Å². The van der Waals surface area contributed by atoms with E-state index < -0.39 is 65.2 Å². The van der Waals surface area contributed by atoms with Crippen molar-refractivity contribution in [3.8, 4) is 11.1 Å². The van der Waals surface area contributed by atoms with E-state index in [-0.39, 0.29) is 16.7 Å². The second kappa shape index (κ2) is 13.5. The average molecular weight is 690 g/mol. The Balaban J connectivity index is 2.35. The van der Waals surface area contributed by atoms with E-state index in [2.05, 4.69) is 10.0 Å². The summed E-state index contributed by atoms with van der Waals surface area (Å²) in [5, 5.41) is 10.5. The number of carbonyl (C=O) groups is 2. The van der Waals surface area contributed by atoms with Gasteiger partial charge < -0.3 is 19.5 Å². The van der Waals surface area contributed by atoms with Gasteiger partial charge in [0.25, 0.3) is 5.56 Å². The molecule has 3 N–H and O–H groups in total. The van der Waals surface area contributed by atoms with E-state index in [9.17, 15) is 36.9 Å². The highest BCUT2D eigenvalue weighted by molar-refractivity contribution is 7.93. The van der Waals surface area contributed by atoms with Gasteiger partial charge in [-0.05, 0) is 109 Å². The fourth-order valence-corrected chi connectivity index (χ4v) is 8.07. The molecule has 0 spiro atoms. The van der Waals surface area contributed by atoms with E-state index in [1.54, 1.807) is 47.0 Å². The molecule has 0 radical (unpaired) electrons. The highest BCUT2D eigenvalue weighted by atomic mass is 32.2. The zero-order chi connectivity index (χ0) is 35.9. The molecular formula is C34H44FN3O7S2. The van der Waals surface area contributed by atoms with Crippen LogP contribution in [0.3, 0.4) is 0 Å². The van der Waals surface area contributed by atoms with Crippen molar-refractivity contribution in [2.75, 3.05) is 0 Å². The standard InChI is InChI=1S/C34H44FN3O7S2/c1-20(37-46(43)32(3,4)5)26-18-29(39)38(10)19-28(26)27-17-23(13-16-25(27)30(40)22-11-14-24(35)15-12-22)34(8,9)47(44,45)21(2)33(6,7)36-31(41)42/h11-21,36-37H,1-10H3,(H,41,42)/t20-,21?,46?/m0/s1. The monoisotopic (exact) mass is 689 g/mol. The van der Waals surface area contributed by atoms with Gasteiger partial charge in [-0.1, -0.05) is 12.1 Å². The molecule has 0 bridgehead atoms. The van der Waals surface area contributed by atoms with Crippen LogP contribution >= 0.6 is 0 Å². The van der Waals surface area contributed by atoms with Crippen LogP contribution in [-0.2, 0) is 33.0 Å². The lowest BCUT2D eigenvalue weighted by Gasteiger charge is -2.37. The van der Waals surface area contributed by atoms with Gasteiger partial charge in [0, 0.05) is 47.4 Å². The second-order valence-electron chi connectivity index (χ2n) is 13.8. The quantitative estimate of drug-likeness (QED) is 0.173. The van der Waals surface area contributed by atoms with Crippen molar-refractivity contribution in [1.82, 2.24) is 14.6 Å². The largest absolute Gasteiger partial charge is 0.598 e. The number of benzene rings is 2. The van der Waals surface area contributed by atoms with Gasteiger partial charge in [-0.3, -0.25) is 9.59 Å². The topological polar surface area (TPSA) is 158 Å². The van der Waals surface area contributed by atoms with Crippen LogP contribution in [0.4, 0.5) is 9.18 Å². The summed E-state index contributed by atoms with van der Waals surface area (Å²) < 4.78 is 57.3. The Kier molecular flexibility index (Phi) is 10.9. The summed E-state index contributed by atoms with van der Waals surface area (Å²) in [6.45, 7) is 14.6. The first-order valence-electron chi connectivity index (χ1n) is 15.0. The Morgan fingerprint density at radius 3 is 2.06 bits per heavy atom. The molecule has 3 atom stereocenters. The number of hydrogen-bond acceptors (Lipinski definition) is 7. The molecule has 2 unspecified atom stereocenters. The van der Waals surface area contributed by atoms with Gasteiger partial charge in [-0.15, -0.1) is 4.72 Å². The van der Waals surface area contributed by atoms with Crippen LogP contribution < -0.4 is 15.6 Å². The number of aromatic nitrogens is 1. The summed E-state index contributed by atoms with van der Waals surface area (Å²) >= 11 is -1.53. The number of amides is 1. The lowest BCUT2D eigenvalue weighted by atomic mass is 9.87. The van der Waals surface area contributed by atoms with Crippen molar-refractivity contribution in [1.29, 1.82) is 0 Å². The molecule has 0 saturated heterocycles. The molecule has 0 aliphatic carbocycles. The van der Waals surface area contributed by atoms with Crippen LogP contribution in [0.5, 0.6) is 0 Å². The maximum atomic E-state index is 14.2. The van der Waals surface area contributed by atoms with E-state index >= 15 is 0 Å². The normalized spacial score (nSPS) is 14.7. The number of carboxylic acid groups (broad SMARTS) is 1. The number of nitrogens with zero attached hydrogens (tertiary/aromatic N) is 1. The molecule has 256 valence electrons. The number of aryl methyl sites for hydroxylation is 1. The van der Waals surface area contributed by atoms with Gasteiger partial charge in [0.2, 0.25) is 0 Å². The summed E-state index contributed by atoms with van der Waals surface area (Å²) in [6.07, 6.45) is 0.179. The molecule has 1 heterocycles. The summed E-state index contributed by atoms with van der Waals surface area (Å²) in [5.74, 6) is -0.989. The Bertz CT molecular complexity index is 1830. The van der Waals surface area contributed by atoms with Gasteiger partial charge in [0.1, 0.15) is 10.6 Å². The van der Waals surface area contributed by atoms with Crippen molar-refractivity contribution in [2.45, 2.75) is 88.6 Å². The smallest absolute Gasteiger partial charge is 0.405 e. The highest BCUT2D eigenvalue weighted by Crippen LogP contribution is 2.40. The first-order chi connectivity index (χ1) is 21.4. The minimum absolute atomic E-state index is 0.165. The van der Waals surface area contributed by atoms with Crippen LogP contribution in [0.1, 0.15) is 95.4 Å². The number of sulfone groups is 1. The average Bonchev–Trinajstić information content (AvgIpc) is 2.96. The zero-order valence-corrected chi connectivity index (χ0v) is 30.0. The molecular weight excluding hydrogens is 646 g/mol. The molecule has 13 heteroatoms. The number of ketones is 1. The second-order valence-corrected chi connectivity index (χ2v) is 18.6. The molecule has 0 aliphatic heterocycles. The molecule has 3 aromatic rings. The minimum Gasteiger partial charge on any atom is -0.598 e. The molecule has 3 rings (SSSR count). The summed E-state index contributed by atoms with van der Waals surface area (Å²) in [5.41, 5.74) is 0.101. The van der Waals surface area contributed by atoms with E-state index in [1.165, 1.54) is 69.5 Å². The Hall–Kier alpha value is -3.52. The summed E-state index contributed by atoms with van der Waals surface area (Å²) in [4.78, 5) is 38.3. The van der Waals surface area contributed by atoms with Crippen LogP contribution in [0.15, 0.2) is 59.5 Å². The lowest BCUT2D eigenvalue weighted by molar-refractivity contribution is 0.103. The minimum atomic E-state index is -4.12. The molecule has 0 fully saturated rings. The van der Waals surface area contributed by atoms with Crippen molar-refractivity contribution in [2.24, 2.45) is 7.05 Å². The number of rotatable bonds is 11. The van der Waals surface area contributed by atoms with Crippen molar-refractivity contribution in [3.05, 3.63) is 93.2 Å². The van der Waals surface area contributed by atoms with Gasteiger partial charge >= 0.3 is 6.09 Å². The number of halogens is 1. The molecule has 2 aromatic carbocycles. The zero-order valence-electron chi connectivity index (χ0n) is 28.4. The fourth-order valence-electron chi connectivity index (χ4n) is 5.10.